The number of rotatable bonds is 2. The number of aromatic nitrogens is 1. The van der Waals surface area contributed by atoms with E-state index < -0.39 is 11.7 Å². The summed E-state index contributed by atoms with van der Waals surface area (Å²) in [6, 6.07) is 3.52. The summed E-state index contributed by atoms with van der Waals surface area (Å²) in [5.41, 5.74) is -0.317. The Bertz CT molecular complexity index is 594. The van der Waals surface area contributed by atoms with E-state index in [9.17, 15) is 18.0 Å². The van der Waals surface area contributed by atoms with Gasteiger partial charge >= 0.3 is 6.18 Å². The lowest BCUT2D eigenvalue weighted by molar-refractivity contribution is -0.137. The van der Waals surface area contributed by atoms with Gasteiger partial charge in [0.1, 0.15) is 0 Å². The highest BCUT2D eigenvalue weighted by molar-refractivity contribution is 7.11. The zero-order valence-electron chi connectivity index (χ0n) is 8.66. The average Bonchev–Trinajstić information content (AvgIpc) is 2.76. The minimum absolute atomic E-state index is 0.216. The molecular formula is C11H5ClF3NOS. The molecule has 1 aromatic carbocycles. The van der Waals surface area contributed by atoms with Gasteiger partial charge in [0.25, 0.3) is 0 Å². The molecule has 0 aliphatic carbocycles. The minimum atomic E-state index is -4.52. The van der Waals surface area contributed by atoms with Crippen LogP contribution >= 0.6 is 22.9 Å². The maximum absolute atomic E-state index is 12.7. The highest BCUT2D eigenvalue weighted by atomic mass is 35.5. The number of hydrogen-bond donors (Lipinski definition) is 0. The van der Waals surface area contributed by atoms with Crippen LogP contribution in [0.25, 0.3) is 11.3 Å². The van der Waals surface area contributed by atoms with Crippen molar-refractivity contribution in [2.24, 2.45) is 0 Å². The van der Waals surface area contributed by atoms with Gasteiger partial charge in [-0.1, -0.05) is 17.7 Å². The quantitative estimate of drug-likeness (QED) is 0.772. The fourth-order valence-corrected chi connectivity index (χ4v) is 2.23. The maximum atomic E-state index is 12.7. The molecule has 0 aliphatic rings. The Labute approximate surface area is 109 Å². The van der Waals surface area contributed by atoms with Crippen LogP contribution in [-0.2, 0) is 6.18 Å². The number of carbonyl (C=O) groups excluding carboxylic acids is 1. The number of aldehydes is 1. The minimum Gasteiger partial charge on any atom is -0.295 e. The summed E-state index contributed by atoms with van der Waals surface area (Å²) >= 11 is 6.58. The number of halogens is 4. The molecule has 7 heteroatoms. The molecule has 18 heavy (non-hydrogen) atoms. The highest BCUT2D eigenvalue weighted by Crippen LogP contribution is 2.37. The molecule has 0 bridgehead atoms. The van der Waals surface area contributed by atoms with Crippen molar-refractivity contribution < 1.29 is 18.0 Å². The molecular weight excluding hydrogens is 287 g/mol. The summed E-state index contributed by atoms with van der Waals surface area (Å²) < 4.78 is 38.0. The van der Waals surface area contributed by atoms with Gasteiger partial charge in [-0.3, -0.25) is 4.79 Å². The van der Waals surface area contributed by atoms with Crippen LogP contribution in [0, 0.1) is 0 Å². The molecule has 2 aromatic rings. The Morgan fingerprint density at radius 3 is 2.61 bits per heavy atom. The Hall–Kier alpha value is -1.40. The first-order chi connectivity index (χ1) is 8.41. The summed E-state index contributed by atoms with van der Waals surface area (Å²) in [5, 5.41) is 1.37. The fraction of sp³-hybridized carbons (Fsp3) is 0.0909. The predicted octanol–water partition coefficient (Wildman–Crippen LogP) is 4.29. The summed E-state index contributed by atoms with van der Waals surface area (Å²) in [4.78, 5) is 14.4. The molecule has 0 atom stereocenters. The largest absolute Gasteiger partial charge is 0.417 e. The third kappa shape index (κ3) is 2.54. The number of hydrogen-bond acceptors (Lipinski definition) is 3. The van der Waals surface area contributed by atoms with Crippen LogP contribution in [0.2, 0.25) is 5.02 Å². The normalized spacial score (nSPS) is 11.6. The average molecular weight is 292 g/mol. The molecule has 0 amide bonds. The van der Waals surface area contributed by atoms with E-state index in [4.69, 9.17) is 11.6 Å². The first-order valence-electron chi connectivity index (χ1n) is 4.69. The van der Waals surface area contributed by atoms with Gasteiger partial charge in [0.05, 0.1) is 16.3 Å². The van der Waals surface area contributed by atoms with E-state index in [1.165, 1.54) is 17.5 Å². The fourth-order valence-electron chi connectivity index (χ4n) is 1.38. The van der Waals surface area contributed by atoms with Gasteiger partial charge in [0, 0.05) is 10.9 Å². The predicted molar refractivity (Wildman–Crippen MR) is 62.9 cm³/mol. The molecule has 0 N–H and O–H groups in total. The monoisotopic (exact) mass is 291 g/mol. The first kappa shape index (κ1) is 13.0. The first-order valence-corrected chi connectivity index (χ1v) is 5.95. The molecule has 1 heterocycles. The van der Waals surface area contributed by atoms with Crippen LogP contribution in [0.5, 0.6) is 0 Å². The Morgan fingerprint density at radius 2 is 2.06 bits per heavy atom. The SMILES string of the molecule is O=Cc1nc(-c2ccc(Cl)c(C(F)(F)F)c2)cs1. The molecule has 0 saturated heterocycles. The van der Waals surface area contributed by atoms with Crippen LogP contribution in [0.3, 0.4) is 0 Å². The van der Waals surface area contributed by atoms with Crippen molar-refractivity contribution in [3.8, 4) is 11.3 Å². The molecule has 0 unspecified atom stereocenters. The Morgan fingerprint density at radius 1 is 1.33 bits per heavy atom. The molecule has 0 aliphatic heterocycles. The van der Waals surface area contributed by atoms with Crippen LogP contribution in [0.4, 0.5) is 13.2 Å². The van der Waals surface area contributed by atoms with Crippen molar-refractivity contribution in [3.63, 3.8) is 0 Å². The van der Waals surface area contributed by atoms with Crippen molar-refractivity contribution in [1.82, 2.24) is 4.98 Å². The second-order valence-electron chi connectivity index (χ2n) is 3.38. The molecule has 0 spiro atoms. The van der Waals surface area contributed by atoms with Gasteiger partial charge < -0.3 is 0 Å². The van der Waals surface area contributed by atoms with Gasteiger partial charge in [-0.15, -0.1) is 11.3 Å². The van der Waals surface area contributed by atoms with E-state index in [1.807, 2.05) is 0 Å². The van der Waals surface area contributed by atoms with E-state index >= 15 is 0 Å². The molecule has 2 nitrogen and oxygen atoms in total. The van der Waals surface area contributed by atoms with Crippen LogP contribution in [0.1, 0.15) is 15.4 Å². The summed E-state index contributed by atoms with van der Waals surface area (Å²) in [7, 11) is 0. The van der Waals surface area contributed by atoms with Crippen molar-refractivity contribution in [3.05, 3.63) is 39.2 Å². The van der Waals surface area contributed by atoms with Crippen molar-refractivity contribution in [2.45, 2.75) is 6.18 Å². The van der Waals surface area contributed by atoms with E-state index in [0.29, 0.717) is 12.0 Å². The van der Waals surface area contributed by atoms with Gasteiger partial charge in [-0.05, 0) is 12.1 Å². The lowest BCUT2D eigenvalue weighted by Gasteiger charge is -2.09. The topological polar surface area (TPSA) is 30.0 Å². The van der Waals surface area contributed by atoms with Gasteiger partial charge in [0.2, 0.25) is 0 Å². The summed E-state index contributed by atoms with van der Waals surface area (Å²) in [5.74, 6) is 0. The Balaban J connectivity index is 2.50. The molecule has 2 rings (SSSR count). The maximum Gasteiger partial charge on any atom is 0.417 e. The van der Waals surface area contributed by atoms with Crippen molar-refractivity contribution in [1.29, 1.82) is 0 Å². The molecule has 0 saturated carbocycles. The molecule has 0 fully saturated rings. The third-order valence-corrected chi connectivity index (χ3v) is 3.29. The second kappa shape index (κ2) is 4.70. The number of thiazole rings is 1. The lowest BCUT2D eigenvalue weighted by atomic mass is 10.1. The molecule has 1 aromatic heterocycles. The summed E-state index contributed by atoms with van der Waals surface area (Å²) in [6.07, 6.45) is -3.97. The third-order valence-electron chi connectivity index (χ3n) is 2.19. The van der Waals surface area contributed by atoms with Gasteiger partial charge in [0.15, 0.2) is 11.3 Å². The summed E-state index contributed by atoms with van der Waals surface area (Å²) in [6.45, 7) is 0. The van der Waals surface area contributed by atoms with Crippen molar-refractivity contribution in [2.75, 3.05) is 0 Å². The Kier molecular flexibility index (Phi) is 3.41. The highest BCUT2D eigenvalue weighted by Gasteiger charge is 2.33. The number of nitrogens with zero attached hydrogens (tertiary/aromatic N) is 1. The van der Waals surface area contributed by atoms with Gasteiger partial charge in [-0.2, -0.15) is 13.2 Å². The number of carbonyl (C=O) groups is 1. The van der Waals surface area contributed by atoms with Crippen LogP contribution in [-0.4, -0.2) is 11.3 Å². The van der Waals surface area contributed by atoms with Crippen molar-refractivity contribution >= 4 is 29.2 Å². The number of alkyl halides is 3. The lowest BCUT2D eigenvalue weighted by Crippen LogP contribution is -2.05. The van der Waals surface area contributed by atoms with E-state index in [1.54, 1.807) is 0 Å². The molecule has 94 valence electrons. The van der Waals surface area contributed by atoms with E-state index in [-0.39, 0.29) is 15.6 Å². The van der Waals surface area contributed by atoms with Crippen LogP contribution in [0.15, 0.2) is 23.6 Å². The van der Waals surface area contributed by atoms with Crippen LogP contribution < -0.4 is 0 Å². The second-order valence-corrected chi connectivity index (χ2v) is 4.68. The smallest absolute Gasteiger partial charge is 0.295 e. The standard InChI is InChI=1S/C11H5ClF3NOS/c12-8-2-1-6(3-7(8)11(13,14)15)9-5-18-10(4-17)16-9/h1-5H. The van der Waals surface area contributed by atoms with E-state index in [0.717, 1.165) is 17.4 Å². The number of benzene rings is 1. The van der Waals surface area contributed by atoms with E-state index in [2.05, 4.69) is 4.98 Å². The zero-order chi connectivity index (χ0) is 13.3. The van der Waals surface area contributed by atoms with Gasteiger partial charge in [-0.25, -0.2) is 4.98 Å². The zero-order valence-corrected chi connectivity index (χ0v) is 10.2. The molecule has 0 radical (unpaired) electrons.